The molecule has 0 fully saturated rings. The normalized spacial score (nSPS) is 12.8. The first-order valence-electron chi connectivity index (χ1n) is 4.05. The number of aromatic hydroxyl groups is 2. The molecule has 0 heterocycles. The van der Waals surface area contributed by atoms with Crippen LogP contribution in [0.4, 0.5) is 0 Å². The second kappa shape index (κ2) is 4.11. The Hall–Kier alpha value is -1.26. The van der Waals surface area contributed by atoms with Crippen LogP contribution in [0.3, 0.4) is 0 Å². The van der Waals surface area contributed by atoms with E-state index in [0.29, 0.717) is 18.5 Å². The minimum Gasteiger partial charge on any atom is -0.508 e. The molecule has 4 nitrogen and oxygen atoms in total. The van der Waals surface area contributed by atoms with Crippen molar-refractivity contribution in [3.63, 3.8) is 0 Å². The van der Waals surface area contributed by atoms with E-state index in [1.54, 1.807) is 0 Å². The van der Waals surface area contributed by atoms with Gasteiger partial charge in [-0.3, -0.25) is 0 Å². The van der Waals surface area contributed by atoms with E-state index >= 15 is 0 Å². The third kappa shape index (κ3) is 2.34. The Kier molecular flexibility index (Phi) is 3.11. The number of nitrogens with two attached hydrogens (primary N) is 1. The summed E-state index contributed by atoms with van der Waals surface area (Å²) in [6.07, 6.45) is -0.385. The third-order valence-electron chi connectivity index (χ3n) is 1.81. The molecule has 1 rings (SSSR count). The number of aliphatic hydroxyl groups is 1. The van der Waals surface area contributed by atoms with E-state index < -0.39 is 6.10 Å². The van der Waals surface area contributed by atoms with E-state index in [2.05, 4.69) is 0 Å². The number of phenols is 2. The van der Waals surface area contributed by atoms with Gasteiger partial charge in [-0.1, -0.05) is 0 Å². The molecule has 1 atom stereocenters. The van der Waals surface area contributed by atoms with Crippen LogP contribution in [0.1, 0.15) is 18.1 Å². The summed E-state index contributed by atoms with van der Waals surface area (Å²) >= 11 is 0. The SMILES string of the molecule is NCC[C@H](O)c1ccc(O)cc1O. The van der Waals surface area contributed by atoms with Gasteiger partial charge in [0.25, 0.3) is 0 Å². The van der Waals surface area contributed by atoms with Gasteiger partial charge >= 0.3 is 0 Å². The maximum Gasteiger partial charge on any atom is 0.125 e. The van der Waals surface area contributed by atoms with Crippen LogP contribution in [-0.2, 0) is 0 Å². The maximum absolute atomic E-state index is 9.47. The summed E-state index contributed by atoms with van der Waals surface area (Å²) in [5.74, 6) is -0.137. The van der Waals surface area contributed by atoms with E-state index in [1.165, 1.54) is 18.2 Å². The number of aliphatic hydroxyl groups excluding tert-OH is 1. The predicted molar refractivity (Wildman–Crippen MR) is 48.4 cm³/mol. The highest BCUT2D eigenvalue weighted by Gasteiger charge is 2.11. The first-order chi connectivity index (χ1) is 6.15. The highest BCUT2D eigenvalue weighted by atomic mass is 16.3. The van der Waals surface area contributed by atoms with Gasteiger partial charge in [-0.2, -0.15) is 0 Å². The second-order valence-corrected chi connectivity index (χ2v) is 2.84. The molecule has 0 spiro atoms. The first-order valence-corrected chi connectivity index (χ1v) is 4.05. The Morgan fingerprint density at radius 2 is 2.00 bits per heavy atom. The van der Waals surface area contributed by atoms with Crippen molar-refractivity contribution in [2.24, 2.45) is 5.73 Å². The summed E-state index contributed by atoms with van der Waals surface area (Å²) in [6.45, 7) is 0.349. The lowest BCUT2D eigenvalue weighted by Gasteiger charge is -2.11. The molecule has 72 valence electrons. The van der Waals surface area contributed by atoms with E-state index in [9.17, 15) is 10.2 Å². The molecule has 0 aromatic heterocycles. The predicted octanol–water partition coefficient (Wildman–Crippen LogP) is 0.480. The molecule has 0 aliphatic heterocycles. The molecule has 0 unspecified atom stereocenters. The van der Waals surface area contributed by atoms with Crippen molar-refractivity contribution in [2.45, 2.75) is 12.5 Å². The van der Waals surface area contributed by atoms with Gasteiger partial charge in [0.1, 0.15) is 11.5 Å². The third-order valence-corrected chi connectivity index (χ3v) is 1.81. The molecule has 0 saturated carbocycles. The van der Waals surface area contributed by atoms with Crippen molar-refractivity contribution in [1.29, 1.82) is 0 Å². The van der Waals surface area contributed by atoms with Gasteiger partial charge in [-0.05, 0) is 25.1 Å². The highest BCUT2D eigenvalue weighted by Crippen LogP contribution is 2.28. The average Bonchev–Trinajstić information content (AvgIpc) is 2.04. The number of hydrogen-bond acceptors (Lipinski definition) is 4. The van der Waals surface area contributed by atoms with Crippen LogP contribution in [-0.4, -0.2) is 21.9 Å². The second-order valence-electron chi connectivity index (χ2n) is 2.84. The monoisotopic (exact) mass is 183 g/mol. The van der Waals surface area contributed by atoms with Crippen LogP contribution < -0.4 is 5.73 Å². The lowest BCUT2D eigenvalue weighted by Crippen LogP contribution is -2.06. The largest absolute Gasteiger partial charge is 0.508 e. The molecule has 4 heteroatoms. The van der Waals surface area contributed by atoms with E-state index in [1.807, 2.05) is 0 Å². The van der Waals surface area contributed by atoms with Gasteiger partial charge in [0.05, 0.1) is 6.10 Å². The Morgan fingerprint density at radius 3 is 2.54 bits per heavy atom. The molecular formula is C9H13NO3. The van der Waals surface area contributed by atoms with Gasteiger partial charge in [0.2, 0.25) is 0 Å². The van der Waals surface area contributed by atoms with Gasteiger partial charge in [-0.15, -0.1) is 0 Å². The van der Waals surface area contributed by atoms with Crippen molar-refractivity contribution < 1.29 is 15.3 Å². The summed E-state index contributed by atoms with van der Waals surface area (Å²) in [6, 6.07) is 4.08. The quantitative estimate of drug-likeness (QED) is 0.549. The number of rotatable bonds is 3. The fourth-order valence-corrected chi connectivity index (χ4v) is 1.13. The Labute approximate surface area is 76.2 Å². The topological polar surface area (TPSA) is 86.7 Å². The van der Waals surface area contributed by atoms with Gasteiger partial charge in [0.15, 0.2) is 0 Å². The molecule has 0 aliphatic carbocycles. The summed E-state index contributed by atoms with van der Waals surface area (Å²) < 4.78 is 0. The van der Waals surface area contributed by atoms with Crippen molar-refractivity contribution >= 4 is 0 Å². The zero-order chi connectivity index (χ0) is 9.84. The van der Waals surface area contributed by atoms with Crippen molar-refractivity contribution in [1.82, 2.24) is 0 Å². The van der Waals surface area contributed by atoms with Crippen LogP contribution in [0, 0.1) is 0 Å². The van der Waals surface area contributed by atoms with Crippen molar-refractivity contribution in [3.05, 3.63) is 23.8 Å². The minimum absolute atomic E-state index is 0.0267. The molecule has 5 N–H and O–H groups in total. The summed E-state index contributed by atoms with van der Waals surface area (Å²) in [5.41, 5.74) is 5.65. The van der Waals surface area contributed by atoms with Gasteiger partial charge in [0, 0.05) is 11.6 Å². The van der Waals surface area contributed by atoms with E-state index in [-0.39, 0.29) is 11.5 Å². The van der Waals surface area contributed by atoms with Crippen LogP contribution in [0.2, 0.25) is 0 Å². The molecule has 1 aromatic carbocycles. The maximum atomic E-state index is 9.47. The van der Waals surface area contributed by atoms with Crippen LogP contribution in [0.25, 0.3) is 0 Å². The minimum atomic E-state index is -0.773. The fraction of sp³-hybridized carbons (Fsp3) is 0.333. The molecular weight excluding hydrogens is 170 g/mol. The molecule has 0 amide bonds. The molecule has 1 aromatic rings. The van der Waals surface area contributed by atoms with E-state index in [4.69, 9.17) is 10.8 Å². The van der Waals surface area contributed by atoms with Crippen LogP contribution >= 0.6 is 0 Å². The summed E-state index contributed by atoms with van der Waals surface area (Å²) in [7, 11) is 0. The lowest BCUT2D eigenvalue weighted by molar-refractivity contribution is 0.166. The molecule has 0 bridgehead atoms. The number of phenolic OH excluding ortho intramolecular Hbond substituents is 2. The zero-order valence-electron chi connectivity index (χ0n) is 7.14. The molecule has 0 radical (unpaired) electrons. The Balaban J connectivity index is 2.88. The number of hydrogen-bond donors (Lipinski definition) is 4. The molecule has 13 heavy (non-hydrogen) atoms. The van der Waals surface area contributed by atoms with Crippen LogP contribution in [0.5, 0.6) is 11.5 Å². The summed E-state index contributed by atoms with van der Waals surface area (Å²) in [4.78, 5) is 0. The molecule has 0 aliphatic rings. The summed E-state index contributed by atoms with van der Waals surface area (Å²) in [5, 5.41) is 27.8. The number of benzene rings is 1. The highest BCUT2D eigenvalue weighted by molar-refractivity contribution is 5.40. The van der Waals surface area contributed by atoms with E-state index in [0.717, 1.165) is 0 Å². The van der Waals surface area contributed by atoms with Crippen LogP contribution in [0.15, 0.2) is 18.2 Å². The van der Waals surface area contributed by atoms with Gasteiger partial charge in [-0.25, -0.2) is 0 Å². The lowest BCUT2D eigenvalue weighted by atomic mass is 10.1. The Bertz CT molecular complexity index is 288. The molecule has 0 saturated heterocycles. The average molecular weight is 183 g/mol. The standard InChI is InChI=1S/C9H13NO3/c10-4-3-8(12)7-2-1-6(11)5-9(7)13/h1-2,5,8,11-13H,3-4,10H2/t8-/m0/s1. The smallest absolute Gasteiger partial charge is 0.125 e. The first kappa shape index (κ1) is 9.83. The van der Waals surface area contributed by atoms with Crippen molar-refractivity contribution in [3.8, 4) is 11.5 Å². The zero-order valence-corrected chi connectivity index (χ0v) is 7.14. The van der Waals surface area contributed by atoms with Gasteiger partial charge < -0.3 is 21.1 Å². The fourth-order valence-electron chi connectivity index (χ4n) is 1.13. The van der Waals surface area contributed by atoms with Crippen molar-refractivity contribution in [2.75, 3.05) is 6.54 Å². The Morgan fingerprint density at radius 1 is 1.31 bits per heavy atom.